The zero-order chi connectivity index (χ0) is 20.6. The molecule has 0 aliphatic heterocycles. The molecule has 1 atom stereocenters. The van der Waals surface area contributed by atoms with Crippen molar-refractivity contribution in [2.45, 2.75) is 20.0 Å². The second-order valence-electron chi connectivity index (χ2n) is 6.84. The first-order valence-electron chi connectivity index (χ1n) is 9.39. The molecular formula is C25H23NO3. The summed E-state index contributed by atoms with van der Waals surface area (Å²) in [7, 11) is 0. The van der Waals surface area contributed by atoms with Gasteiger partial charge in [-0.1, -0.05) is 66.7 Å². The minimum atomic E-state index is -1.05. The van der Waals surface area contributed by atoms with Gasteiger partial charge in [-0.15, -0.1) is 0 Å². The number of carbonyl (C=O) groups excluding carboxylic acids is 2. The molecule has 0 unspecified atom stereocenters. The number of carbonyl (C=O) groups is 2. The lowest BCUT2D eigenvalue weighted by atomic mass is 10.1. The van der Waals surface area contributed by atoms with E-state index in [1.165, 1.54) is 6.08 Å². The highest BCUT2D eigenvalue weighted by molar-refractivity contribution is 5.97. The van der Waals surface area contributed by atoms with E-state index < -0.39 is 18.0 Å². The Kier molecular flexibility index (Phi) is 6.59. The summed E-state index contributed by atoms with van der Waals surface area (Å²) in [5.74, 6) is -0.985. The van der Waals surface area contributed by atoms with Gasteiger partial charge >= 0.3 is 5.97 Å². The highest BCUT2D eigenvalue weighted by atomic mass is 16.5. The fourth-order valence-electron chi connectivity index (χ4n) is 3.04. The standard InChI is InChI=1S/C25H23NO3/c1-18-15-19(2)17-22(16-18)26-25(28)24(21-11-7-4-8-12-21)29-23(27)14-13-20-9-5-3-6-10-20/h3-17,24H,1-2H3,(H,26,28)/b14-13+/t24-/m0/s1. The largest absolute Gasteiger partial charge is 0.444 e. The van der Waals surface area contributed by atoms with E-state index in [1.807, 2.05) is 68.4 Å². The fraction of sp³-hybridized carbons (Fsp3) is 0.120. The molecule has 1 amide bonds. The van der Waals surface area contributed by atoms with Crippen LogP contribution in [0.1, 0.15) is 28.4 Å². The van der Waals surface area contributed by atoms with Gasteiger partial charge in [0.15, 0.2) is 0 Å². The van der Waals surface area contributed by atoms with Crippen LogP contribution in [0.15, 0.2) is 84.9 Å². The van der Waals surface area contributed by atoms with E-state index in [2.05, 4.69) is 5.32 Å². The van der Waals surface area contributed by atoms with Crippen LogP contribution in [0.4, 0.5) is 5.69 Å². The first kappa shape index (κ1) is 20.1. The molecule has 0 saturated carbocycles. The number of hydrogen-bond acceptors (Lipinski definition) is 3. The molecule has 4 heteroatoms. The molecule has 0 aliphatic rings. The molecule has 0 heterocycles. The maximum Gasteiger partial charge on any atom is 0.331 e. The van der Waals surface area contributed by atoms with Crippen LogP contribution in [0.2, 0.25) is 0 Å². The van der Waals surface area contributed by atoms with Crippen LogP contribution in [-0.4, -0.2) is 11.9 Å². The molecule has 0 fully saturated rings. The third-order valence-corrected chi connectivity index (χ3v) is 4.28. The third-order valence-electron chi connectivity index (χ3n) is 4.28. The van der Waals surface area contributed by atoms with Crippen LogP contribution in [-0.2, 0) is 14.3 Å². The summed E-state index contributed by atoms with van der Waals surface area (Å²) in [6, 6.07) is 24.2. The van der Waals surface area contributed by atoms with Gasteiger partial charge < -0.3 is 10.1 Å². The molecule has 1 N–H and O–H groups in total. The zero-order valence-corrected chi connectivity index (χ0v) is 16.5. The lowest BCUT2D eigenvalue weighted by Gasteiger charge is -2.18. The Labute approximate surface area is 170 Å². The minimum Gasteiger partial charge on any atom is -0.444 e. The number of hydrogen-bond donors (Lipinski definition) is 1. The van der Waals surface area contributed by atoms with Crippen molar-refractivity contribution < 1.29 is 14.3 Å². The molecule has 0 radical (unpaired) electrons. The van der Waals surface area contributed by atoms with Gasteiger partial charge in [-0.3, -0.25) is 4.79 Å². The van der Waals surface area contributed by atoms with Crippen LogP contribution < -0.4 is 5.32 Å². The Morgan fingerprint density at radius 1 is 0.862 bits per heavy atom. The molecule has 29 heavy (non-hydrogen) atoms. The van der Waals surface area contributed by atoms with Gasteiger partial charge in [0.25, 0.3) is 5.91 Å². The van der Waals surface area contributed by atoms with E-state index in [9.17, 15) is 9.59 Å². The number of esters is 1. The van der Waals surface area contributed by atoms with E-state index >= 15 is 0 Å². The summed E-state index contributed by atoms with van der Waals surface area (Å²) in [5.41, 5.74) is 4.24. The van der Waals surface area contributed by atoms with Crippen molar-refractivity contribution in [3.8, 4) is 0 Å². The lowest BCUT2D eigenvalue weighted by Crippen LogP contribution is -2.25. The summed E-state index contributed by atoms with van der Waals surface area (Å²) in [6.07, 6.45) is 1.94. The molecule has 0 bridgehead atoms. The number of anilines is 1. The maximum atomic E-state index is 12.9. The predicted octanol–water partition coefficient (Wildman–Crippen LogP) is 5.24. The minimum absolute atomic E-state index is 0.400. The van der Waals surface area contributed by atoms with E-state index in [-0.39, 0.29) is 0 Å². The van der Waals surface area contributed by atoms with Crippen LogP contribution >= 0.6 is 0 Å². The number of rotatable bonds is 6. The molecule has 3 aromatic carbocycles. The highest BCUT2D eigenvalue weighted by Crippen LogP contribution is 2.22. The third kappa shape index (κ3) is 5.91. The second-order valence-corrected chi connectivity index (χ2v) is 6.84. The first-order valence-corrected chi connectivity index (χ1v) is 9.39. The van der Waals surface area contributed by atoms with Crippen molar-refractivity contribution in [2.75, 3.05) is 5.32 Å². The Hall–Kier alpha value is -3.66. The number of nitrogens with one attached hydrogen (secondary N) is 1. The molecule has 3 rings (SSSR count). The van der Waals surface area contributed by atoms with Gasteiger partial charge in [-0.25, -0.2) is 4.79 Å². The Bertz CT molecular complexity index is 991. The molecule has 3 aromatic rings. The summed E-state index contributed by atoms with van der Waals surface area (Å²) in [5, 5.41) is 2.86. The van der Waals surface area contributed by atoms with E-state index in [0.717, 1.165) is 16.7 Å². The average molecular weight is 385 g/mol. The van der Waals surface area contributed by atoms with Crippen molar-refractivity contribution in [1.82, 2.24) is 0 Å². The summed E-state index contributed by atoms with van der Waals surface area (Å²) in [6.45, 7) is 3.93. The van der Waals surface area contributed by atoms with Gasteiger partial charge in [0, 0.05) is 17.3 Å². The predicted molar refractivity (Wildman–Crippen MR) is 115 cm³/mol. The molecular weight excluding hydrogens is 362 g/mol. The van der Waals surface area contributed by atoms with Crippen LogP contribution in [0, 0.1) is 13.8 Å². The molecule has 0 spiro atoms. The van der Waals surface area contributed by atoms with Crippen LogP contribution in [0.3, 0.4) is 0 Å². The van der Waals surface area contributed by atoms with Gasteiger partial charge in [-0.2, -0.15) is 0 Å². The molecule has 0 aliphatic carbocycles. The Morgan fingerprint density at radius 3 is 2.07 bits per heavy atom. The number of ether oxygens (including phenoxy) is 1. The smallest absolute Gasteiger partial charge is 0.331 e. The fourth-order valence-corrected chi connectivity index (χ4v) is 3.04. The van der Waals surface area contributed by atoms with Crippen molar-refractivity contribution in [2.24, 2.45) is 0 Å². The summed E-state index contributed by atoms with van der Waals surface area (Å²) < 4.78 is 5.51. The number of amides is 1. The van der Waals surface area contributed by atoms with Crippen molar-refractivity contribution in [1.29, 1.82) is 0 Å². The summed E-state index contributed by atoms with van der Waals surface area (Å²) >= 11 is 0. The van der Waals surface area contributed by atoms with E-state index in [0.29, 0.717) is 11.3 Å². The summed E-state index contributed by atoms with van der Waals surface area (Å²) in [4.78, 5) is 25.3. The first-order chi connectivity index (χ1) is 14.0. The SMILES string of the molecule is Cc1cc(C)cc(NC(=O)[C@@H](OC(=O)/C=C/c2ccccc2)c2ccccc2)c1. The van der Waals surface area contributed by atoms with Gasteiger partial charge in [0.1, 0.15) is 0 Å². The monoisotopic (exact) mass is 385 g/mol. The normalized spacial score (nSPS) is 11.8. The quantitative estimate of drug-likeness (QED) is 0.466. The topological polar surface area (TPSA) is 55.4 Å². The van der Waals surface area contributed by atoms with Crippen molar-refractivity contribution in [3.05, 3.63) is 107 Å². The van der Waals surface area contributed by atoms with Crippen molar-refractivity contribution in [3.63, 3.8) is 0 Å². The van der Waals surface area contributed by atoms with Gasteiger partial charge in [0.2, 0.25) is 6.10 Å². The highest BCUT2D eigenvalue weighted by Gasteiger charge is 2.24. The van der Waals surface area contributed by atoms with Gasteiger partial charge in [0.05, 0.1) is 0 Å². The molecule has 0 aromatic heterocycles. The van der Waals surface area contributed by atoms with Crippen molar-refractivity contribution >= 4 is 23.6 Å². The van der Waals surface area contributed by atoms with E-state index in [4.69, 9.17) is 4.74 Å². The molecule has 146 valence electrons. The Balaban J connectivity index is 1.78. The zero-order valence-electron chi connectivity index (χ0n) is 16.5. The average Bonchev–Trinajstić information content (AvgIpc) is 2.71. The lowest BCUT2D eigenvalue weighted by molar-refractivity contribution is -0.149. The maximum absolute atomic E-state index is 12.9. The van der Waals surface area contributed by atoms with Gasteiger partial charge in [-0.05, 0) is 48.7 Å². The molecule has 0 saturated heterocycles. The van der Waals surface area contributed by atoms with Crippen LogP contribution in [0.25, 0.3) is 6.08 Å². The Morgan fingerprint density at radius 2 is 1.45 bits per heavy atom. The number of benzene rings is 3. The van der Waals surface area contributed by atoms with Crippen LogP contribution in [0.5, 0.6) is 0 Å². The van der Waals surface area contributed by atoms with E-state index in [1.54, 1.807) is 30.3 Å². The molecule has 4 nitrogen and oxygen atoms in total. The number of aryl methyl sites for hydroxylation is 2. The second kappa shape index (κ2) is 9.51.